The Morgan fingerprint density at radius 2 is 2.30 bits per heavy atom. The molecule has 0 bridgehead atoms. The van der Waals surface area contributed by atoms with Gasteiger partial charge in [-0.1, -0.05) is 0 Å². The van der Waals surface area contributed by atoms with Crippen LogP contribution in [0.1, 0.15) is 6.92 Å². The van der Waals surface area contributed by atoms with Crippen LogP contribution < -0.4 is 0 Å². The van der Waals surface area contributed by atoms with Gasteiger partial charge in [0.2, 0.25) is 0 Å². The molecule has 6 nitrogen and oxygen atoms in total. The van der Waals surface area contributed by atoms with E-state index in [9.17, 15) is 8.42 Å². The molecular weight excluding hydrogens is 156 g/mol. The van der Waals surface area contributed by atoms with Crippen LogP contribution >= 0.6 is 0 Å². The first-order valence-electron chi connectivity index (χ1n) is 2.24. The molecule has 0 saturated carbocycles. The molecular formula is C3H4N4O2S. The molecule has 0 aromatic rings. The number of rotatable bonds is 2. The Kier molecular flexibility index (Phi) is 2.67. The van der Waals surface area contributed by atoms with E-state index in [0.717, 1.165) is 6.92 Å². The summed E-state index contributed by atoms with van der Waals surface area (Å²) in [5.74, 6) is 0. The van der Waals surface area contributed by atoms with Crippen molar-refractivity contribution in [3.8, 4) is 6.07 Å². The Labute approximate surface area is 57.8 Å². The number of azide groups is 1. The van der Waals surface area contributed by atoms with Gasteiger partial charge < -0.3 is 0 Å². The highest BCUT2D eigenvalue weighted by Crippen LogP contribution is 2.00. The van der Waals surface area contributed by atoms with Crippen molar-refractivity contribution in [2.45, 2.75) is 12.2 Å². The van der Waals surface area contributed by atoms with Crippen LogP contribution in [0.5, 0.6) is 0 Å². The highest BCUT2D eigenvalue weighted by molar-refractivity contribution is 7.90. The van der Waals surface area contributed by atoms with Crippen LogP contribution in [0, 0.1) is 11.3 Å². The fourth-order valence-electron chi connectivity index (χ4n) is 0.188. The molecule has 0 N–H and O–H groups in total. The molecule has 1 atom stereocenters. The molecule has 0 amide bonds. The molecule has 0 aliphatic carbocycles. The van der Waals surface area contributed by atoms with Gasteiger partial charge in [-0.3, -0.25) is 0 Å². The first kappa shape index (κ1) is 8.75. The molecule has 0 aliphatic rings. The molecule has 10 heavy (non-hydrogen) atoms. The van der Waals surface area contributed by atoms with E-state index in [2.05, 4.69) is 9.43 Å². The van der Waals surface area contributed by atoms with Gasteiger partial charge in [0.25, 0.3) is 10.0 Å². The van der Waals surface area contributed by atoms with Gasteiger partial charge in [-0.15, -0.1) is 0 Å². The maximum absolute atomic E-state index is 10.5. The van der Waals surface area contributed by atoms with Crippen LogP contribution in [0.2, 0.25) is 0 Å². The third-order valence-corrected chi connectivity index (χ3v) is 2.08. The van der Waals surface area contributed by atoms with Crippen molar-refractivity contribution in [2.24, 2.45) is 4.52 Å². The molecule has 0 saturated heterocycles. The molecule has 0 radical (unpaired) electrons. The topological polar surface area (TPSA) is 107 Å². The summed E-state index contributed by atoms with van der Waals surface area (Å²) >= 11 is 0. The van der Waals surface area contributed by atoms with Crippen molar-refractivity contribution in [3.63, 3.8) is 0 Å². The zero-order valence-corrected chi connectivity index (χ0v) is 5.91. The Morgan fingerprint density at radius 1 is 1.80 bits per heavy atom. The molecule has 0 aliphatic heterocycles. The van der Waals surface area contributed by atoms with Gasteiger partial charge in [-0.05, 0) is 12.5 Å². The van der Waals surface area contributed by atoms with E-state index in [4.69, 9.17) is 10.8 Å². The molecule has 54 valence electrons. The Bertz CT molecular complexity index is 293. The first-order chi connectivity index (χ1) is 4.54. The van der Waals surface area contributed by atoms with E-state index in [0.29, 0.717) is 0 Å². The molecule has 0 rings (SSSR count). The largest absolute Gasteiger partial charge is 0.251 e. The van der Waals surface area contributed by atoms with Crippen molar-refractivity contribution < 1.29 is 8.42 Å². The van der Waals surface area contributed by atoms with Crippen molar-refractivity contribution in [2.75, 3.05) is 0 Å². The summed E-state index contributed by atoms with van der Waals surface area (Å²) in [6, 6.07) is 1.44. The molecule has 0 aromatic carbocycles. The SMILES string of the molecule is CC(C#N)S(=O)(=O)N=[N+]=[N-]. The lowest BCUT2D eigenvalue weighted by Crippen LogP contribution is -2.11. The summed E-state index contributed by atoms with van der Waals surface area (Å²) < 4.78 is 23.5. The highest BCUT2D eigenvalue weighted by atomic mass is 32.2. The average Bonchev–Trinajstić information content (AvgIpc) is 1.86. The molecule has 0 spiro atoms. The average molecular weight is 160 g/mol. The third-order valence-electron chi connectivity index (χ3n) is 0.779. The fraction of sp³-hybridized carbons (Fsp3) is 0.667. The van der Waals surface area contributed by atoms with E-state index in [1.54, 1.807) is 0 Å². The molecule has 1 unspecified atom stereocenters. The second kappa shape index (κ2) is 3.06. The predicted molar refractivity (Wildman–Crippen MR) is 33.1 cm³/mol. The van der Waals surface area contributed by atoms with Gasteiger partial charge in [0.1, 0.15) is 0 Å². The van der Waals surface area contributed by atoms with E-state index < -0.39 is 15.3 Å². The summed E-state index contributed by atoms with van der Waals surface area (Å²) in [5.41, 5.74) is 7.72. The van der Waals surface area contributed by atoms with Crippen LogP contribution in [0.25, 0.3) is 10.4 Å². The number of nitrogens with zero attached hydrogens (tertiary/aromatic N) is 4. The van der Waals surface area contributed by atoms with Gasteiger partial charge in [0, 0.05) is 9.43 Å². The van der Waals surface area contributed by atoms with Crippen molar-refractivity contribution in [3.05, 3.63) is 10.4 Å². The van der Waals surface area contributed by atoms with E-state index in [-0.39, 0.29) is 0 Å². The van der Waals surface area contributed by atoms with Gasteiger partial charge in [-0.2, -0.15) is 5.26 Å². The maximum Gasteiger partial charge on any atom is 0.251 e. The lowest BCUT2D eigenvalue weighted by Gasteiger charge is -1.93. The van der Waals surface area contributed by atoms with E-state index >= 15 is 0 Å². The lowest BCUT2D eigenvalue weighted by atomic mass is 10.5. The predicted octanol–water partition coefficient (Wildman–Crippen LogP) is 0.539. The van der Waals surface area contributed by atoms with Crippen LogP contribution in [-0.2, 0) is 10.0 Å². The normalized spacial score (nSPS) is 12.8. The molecule has 0 fully saturated rings. The molecule has 0 heterocycles. The smallest absolute Gasteiger partial charge is 0.220 e. The monoisotopic (exact) mass is 160 g/mol. The van der Waals surface area contributed by atoms with Gasteiger partial charge in [0.05, 0.1) is 6.07 Å². The lowest BCUT2D eigenvalue weighted by molar-refractivity contribution is 0.593. The fourth-order valence-corrected chi connectivity index (χ4v) is 0.565. The van der Waals surface area contributed by atoms with E-state index in [1.807, 2.05) is 0 Å². The minimum atomic E-state index is -3.91. The number of sulfonamides is 1. The van der Waals surface area contributed by atoms with Gasteiger partial charge >= 0.3 is 0 Å². The zero-order valence-electron chi connectivity index (χ0n) is 5.09. The molecule has 7 heteroatoms. The van der Waals surface area contributed by atoms with Crippen molar-refractivity contribution in [1.82, 2.24) is 0 Å². The summed E-state index contributed by atoms with van der Waals surface area (Å²) in [4.78, 5) is 2.06. The zero-order chi connectivity index (χ0) is 8.20. The van der Waals surface area contributed by atoms with Crippen molar-refractivity contribution in [1.29, 1.82) is 5.26 Å². The van der Waals surface area contributed by atoms with Crippen LogP contribution in [0.4, 0.5) is 0 Å². The quantitative estimate of drug-likeness (QED) is 0.334. The minimum absolute atomic E-state index is 1.14. The standard InChI is InChI=1S/C3H4N4O2S/c1-3(2-4)10(8,9)7-6-5/h3H,1H3. The van der Waals surface area contributed by atoms with Crippen LogP contribution in [0.15, 0.2) is 4.52 Å². The Balaban J connectivity index is 4.80. The second-order valence-corrected chi connectivity index (χ2v) is 3.36. The van der Waals surface area contributed by atoms with Crippen LogP contribution in [0.3, 0.4) is 0 Å². The maximum atomic E-state index is 10.5. The second-order valence-electron chi connectivity index (χ2n) is 1.46. The summed E-state index contributed by atoms with van der Waals surface area (Å²) in [6.45, 7) is 1.14. The van der Waals surface area contributed by atoms with Gasteiger partial charge in [-0.25, -0.2) is 8.42 Å². The summed E-state index contributed by atoms with van der Waals surface area (Å²) in [6.07, 6.45) is 0. The highest BCUT2D eigenvalue weighted by Gasteiger charge is 2.17. The number of hydrogen-bond donors (Lipinski definition) is 0. The van der Waals surface area contributed by atoms with Crippen molar-refractivity contribution >= 4 is 10.0 Å². The third kappa shape index (κ3) is 1.93. The summed E-state index contributed by atoms with van der Waals surface area (Å²) in [7, 11) is -3.91. The molecule has 0 aromatic heterocycles. The van der Waals surface area contributed by atoms with Crippen LogP contribution in [-0.4, -0.2) is 13.7 Å². The minimum Gasteiger partial charge on any atom is -0.220 e. The summed E-state index contributed by atoms with van der Waals surface area (Å²) in [5, 5.41) is 6.81. The first-order valence-corrected chi connectivity index (χ1v) is 3.74. The number of hydrogen-bond acceptors (Lipinski definition) is 3. The number of nitriles is 1. The van der Waals surface area contributed by atoms with Gasteiger partial charge in [0.15, 0.2) is 5.25 Å². The van der Waals surface area contributed by atoms with E-state index in [1.165, 1.54) is 6.07 Å². The Hall–Kier alpha value is -1.25. The Morgan fingerprint density at radius 3 is 2.60 bits per heavy atom.